The summed E-state index contributed by atoms with van der Waals surface area (Å²) in [6.45, 7) is 5.84. The molecule has 5 heteroatoms. The van der Waals surface area contributed by atoms with Crippen LogP contribution in [0.15, 0.2) is 6.07 Å². The monoisotopic (exact) mass is 287 g/mol. The molecule has 1 aromatic carbocycles. The second kappa shape index (κ2) is 6.90. The fraction of sp³-hybridized carbons (Fsp3) is 0.462. The lowest BCUT2D eigenvalue weighted by atomic mass is 10.0. The van der Waals surface area contributed by atoms with Gasteiger partial charge >= 0.3 is 0 Å². The van der Waals surface area contributed by atoms with E-state index >= 15 is 0 Å². The highest BCUT2D eigenvalue weighted by molar-refractivity contribution is 6.49. The van der Waals surface area contributed by atoms with Crippen LogP contribution < -0.4 is 4.43 Å². The summed E-state index contributed by atoms with van der Waals surface area (Å²) in [7, 11) is -1.13. The van der Waals surface area contributed by atoms with E-state index in [4.69, 9.17) is 16.0 Å². The Morgan fingerprint density at radius 2 is 2.17 bits per heavy atom. The molecule has 0 amide bonds. The van der Waals surface area contributed by atoms with Gasteiger partial charge in [-0.2, -0.15) is 0 Å². The molecule has 0 heterocycles. The lowest BCUT2D eigenvalue weighted by Crippen LogP contribution is -2.14. The summed E-state index contributed by atoms with van der Waals surface area (Å²) >= 11 is 6.16. The molecule has 18 heavy (non-hydrogen) atoms. The number of aldehydes is 1. The molecule has 1 rings (SSSR count). The van der Waals surface area contributed by atoms with E-state index in [0.717, 1.165) is 24.8 Å². The molecule has 1 radical (unpaired) electrons. The van der Waals surface area contributed by atoms with Gasteiger partial charge in [-0.05, 0) is 37.6 Å². The lowest BCUT2D eigenvalue weighted by Gasteiger charge is -2.15. The number of halogens is 2. The van der Waals surface area contributed by atoms with Crippen molar-refractivity contribution in [2.75, 3.05) is 0 Å². The van der Waals surface area contributed by atoms with Gasteiger partial charge in [-0.15, -0.1) is 0 Å². The Hall–Kier alpha value is -0.873. The summed E-state index contributed by atoms with van der Waals surface area (Å²) in [6.07, 6.45) is 3.18. The Labute approximate surface area is 114 Å². The summed E-state index contributed by atoms with van der Waals surface area (Å²) in [6, 6.07) is 1.52. The summed E-state index contributed by atoms with van der Waals surface area (Å²) in [5.74, 6) is -0.618. The molecule has 0 aliphatic carbocycles. The molecule has 2 nitrogen and oxygen atoms in total. The first-order chi connectivity index (χ1) is 8.51. The Balaban J connectivity index is 3.24. The zero-order valence-corrected chi connectivity index (χ0v) is 12.6. The highest BCUT2D eigenvalue weighted by Gasteiger charge is 2.19. The second-order valence-electron chi connectivity index (χ2n) is 4.31. The minimum atomic E-state index is -1.13. The first-order valence-corrected chi connectivity index (χ1v) is 8.73. The standard InChI is InChI=1S/C13H17ClFO2Si/c1-4-5-6-9-7-10(8-16)12(15)13(11(9)14)17-18(2)3/h7-8H,4-6H2,1-3H3. The number of carbonyl (C=O) groups excluding carboxylic acids is 1. The number of hydrogen-bond donors (Lipinski definition) is 0. The van der Waals surface area contributed by atoms with Crippen molar-refractivity contribution in [3.8, 4) is 5.75 Å². The number of unbranched alkanes of at least 4 members (excludes halogenated alkanes) is 1. The van der Waals surface area contributed by atoms with Gasteiger partial charge in [0, 0.05) is 0 Å². The fourth-order valence-corrected chi connectivity index (χ4v) is 2.55. The predicted octanol–water partition coefficient (Wildman–Crippen LogP) is 4.26. The molecule has 0 saturated carbocycles. The molecule has 0 bridgehead atoms. The van der Waals surface area contributed by atoms with Gasteiger partial charge in [0.25, 0.3) is 9.04 Å². The van der Waals surface area contributed by atoms with Gasteiger partial charge in [0.2, 0.25) is 0 Å². The van der Waals surface area contributed by atoms with Crippen LogP contribution in [0.2, 0.25) is 18.1 Å². The van der Waals surface area contributed by atoms with Crippen molar-refractivity contribution in [3.63, 3.8) is 0 Å². The van der Waals surface area contributed by atoms with E-state index in [0.29, 0.717) is 11.3 Å². The molecular weight excluding hydrogens is 271 g/mol. The Kier molecular flexibility index (Phi) is 5.82. The molecule has 0 spiro atoms. The Morgan fingerprint density at radius 1 is 1.50 bits per heavy atom. The van der Waals surface area contributed by atoms with Crippen LogP contribution in [-0.2, 0) is 6.42 Å². The van der Waals surface area contributed by atoms with Crippen molar-refractivity contribution in [3.05, 3.63) is 28.0 Å². The van der Waals surface area contributed by atoms with Crippen molar-refractivity contribution in [2.45, 2.75) is 39.3 Å². The largest absolute Gasteiger partial charge is 0.540 e. The second-order valence-corrected chi connectivity index (χ2v) is 6.71. The molecule has 0 N–H and O–H groups in total. The third kappa shape index (κ3) is 3.56. The summed E-state index contributed by atoms with van der Waals surface area (Å²) in [5, 5.41) is 0.303. The number of benzene rings is 1. The van der Waals surface area contributed by atoms with E-state index in [9.17, 15) is 9.18 Å². The van der Waals surface area contributed by atoms with E-state index < -0.39 is 14.9 Å². The van der Waals surface area contributed by atoms with Gasteiger partial charge in [-0.1, -0.05) is 24.9 Å². The minimum Gasteiger partial charge on any atom is -0.540 e. The van der Waals surface area contributed by atoms with Crippen LogP contribution in [0.4, 0.5) is 4.39 Å². The van der Waals surface area contributed by atoms with Crippen LogP contribution in [0.25, 0.3) is 0 Å². The quantitative estimate of drug-likeness (QED) is 0.577. The molecule has 0 saturated heterocycles. The van der Waals surface area contributed by atoms with E-state index in [1.165, 1.54) is 6.07 Å². The normalized spacial score (nSPS) is 10.8. The first-order valence-electron chi connectivity index (χ1n) is 5.95. The Morgan fingerprint density at radius 3 is 2.67 bits per heavy atom. The van der Waals surface area contributed by atoms with Gasteiger partial charge in [0.15, 0.2) is 17.9 Å². The average Bonchev–Trinajstić information content (AvgIpc) is 2.33. The first kappa shape index (κ1) is 15.2. The number of carbonyl (C=O) groups is 1. The SMILES string of the molecule is CCCCc1cc(C=O)c(F)c(O[Si](C)C)c1Cl. The van der Waals surface area contributed by atoms with Gasteiger partial charge in [-0.3, -0.25) is 4.79 Å². The van der Waals surface area contributed by atoms with E-state index in [2.05, 4.69) is 6.92 Å². The van der Waals surface area contributed by atoms with Crippen molar-refractivity contribution in [1.29, 1.82) is 0 Å². The van der Waals surface area contributed by atoms with Crippen molar-refractivity contribution in [2.24, 2.45) is 0 Å². The molecular formula is C13H17ClFO2Si. The molecule has 99 valence electrons. The van der Waals surface area contributed by atoms with Crippen LogP contribution >= 0.6 is 11.6 Å². The smallest absolute Gasteiger partial charge is 0.274 e. The zero-order valence-electron chi connectivity index (χ0n) is 10.8. The van der Waals surface area contributed by atoms with E-state index in [-0.39, 0.29) is 11.3 Å². The maximum atomic E-state index is 14.0. The predicted molar refractivity (Wildman–Crippen MR) is 73.5 cm³/mol. The molecule has 0 aliphatic heterocycles. The Bertz CT molecular complexity index is 435. The number of rotatable bonds is 6. The van der Waals surface area contributed by atoms with Crippen LogP contribution in [0.5, 0.6) is 5.75 Å². The zero-order chi connectivity index (χ0) is 13.7. The number of hydrogen-bond acceptors (Lipinski definition) is 2. The highest BCUT2D eigenvalue weighted by atomic mass is 35.5. The fourth-order valence-electron chi connectivity index (χ4n) is 1.62. The van der Waals surface area contributed by atoms with Gasteiger partial charge in [0.1, 0.15) is 0 Å². The molecule has 0 atom stereocenters. The maximum absolute atomic E-state index is 14.0. The van der Waals surface area contributed by atoms with Crippen LogP contribution in [0.3, 0.4) is 0 Å². The summed E-state index contributed by atoms with van der Waals surface area (Å²) in [4.78, 5) is 10.9. The third-order valence-corrected chi connectivity index (χ3v) is 3.52. The van der Waals surface area contributed by atoms with Crippen LogP contribution in [0, 0.1) is 5.82 Å². The van der Waals surface area contributed by atoms with Crippen LogP contribution in [-0.4, -0.2) is 15.3 Å². The molecule has 0 unspecified atom stereocenters. The topological polar surface area (TPSA) is 26.3 Å². The third-order valence-electron chi connectivity index (χ3n) is 2.50. The van der Waals surface area contributed by atoms with Gasteiger partial charge < -0.3 is 4.43 Å². The van der Waals surface area contributed by atoms with Crippen LogP contribution in [0.1, 0.15) is 35.7 Å². The van der Waals surface area contributed by atoms with Crippen molar-refractivity contribution in [1.82, 2.24) is 0 Å². The van der Waals surface area contributed by atoms with Crippen molar-refractivity contribution >= 4 is 26.9 Å². The summed E-state index contributed by atoms with van der Waals surface area (Å²) < 4.78 is 19.4. The number of aryl methyl sites for hydroxylation is 1. The van der Waals surface area contributed by atoms with Gasteiger partial charge in [0.05, 0.1) is 10.6 Å². The summed E-state index contributed by atoms with van der Waals surface area (Å²) in [5.41, 5.74) is 0.795. The molecule has 0 aromatic heterocycles. The molecule has 1 aromatic rings. The minimum absolute atomic E-state index is 0.0174. The molecule has 0 aliphatic rings. The van der Waals surface area contributed by atoms with Crippen molar-refractivity contribution < 1.29 is 13.6 Å². The lowest BCUT2D eigenvalue weighted by molar-refractivity contribution is 0.111. The van der Waals surface area contributed by atoms with E-state index in [1.807, 2.05) is 13.1 Å². The maximum Gasteiger partial charge on any atom is 0.274 e. The highest BCUT2D eigenvalue weighted by Crippen LogP contribution is 2.34. The average molecular weight is 288 g/mol. The molecule has 0 fully saturated rings. The van der Waals surface area contributed by atoms with E-state index in [1.54, 1.807) is 0 Å². The van der Waals surface area contributed by atoms with Gasteiger partial charge in [-0.25, -0.2) is 4.39 Å².